The van der Waals surface area contributed by atoms with Crippen molar-refractivity contribution in [2.75, 3.05) is 11.9 Å². The van der Waals surface area contributed by atoms with Gasteiger partial charge in [-0.25, -0.2) is 0 Å². The monoisotopic (exact) mass is 238 g/mol. The Balaban J connectivity index is 2.79. The number of anilines is 1. The number of nitrogens with zero attached hydrogens (tertiary/aromatic N) is 1. The number of non-ortho nitro benzene ring substituents is 1. The van der Waals surface area contributed by atoms with Crippen LogP contribution in [-0.4, -0.2) is 22.5 Å². The number of nitro groups is 1. The molecule has 0 bridgehead atoms. The second-order valence-electron chi connectivity index (χ2n) is 3.63. The van der Waals surface area contributed by atoms with Crippen LogP contribution in [0.15, 0.2) is 18.2 Å². The number of hydrogen-bond donors (Lipinski definition) is 2. The molecule has 0 radical (unpaired) electrons. The van der Waals surface area contributed by atoms with Crippen LogP contribution in [0, 0.1) is 17.0 Å². The molecule has 0 unspecified atom stereocenters. The first-order valence-corrected chi connectivity index (χ1v) is 5.20. The number of amides is 1. The van der Waals surface area contributed by atoms with Gasteiger partial charge in [-0.2, -0.15) is 0 Å². The van der Waals surface area contributed by atoms with Crippen LogP contribution in [0.2, 0.25) is 0 Å². The molecule has 0 atom stereocenters. The first-order valence-electron chi connectivity index (χ1n) is 5.20. The maximum absolute atomic E-state index is 11.4. The van der Waals surface area contributed by atoms with Crippen LogP contribution in [0.3, 0.4) is 0 Å². The number of aliphatic hydroxyl groups is 1. The second kappa shape index (κ2) is 5.95. The van der Waals surface area contributed by atoms with Gasteiger partial charge < -0.3 is 10.4 Å². The second-order valence-corrected chi connectivity index (χ2v) is 3.63. The molecule has 0 spiro atoms. The van der Waals surface area contributed by atoms with Crippen molar-refractivity contribution in [3.63, 3.8) is 0 Å². The molecule has 1 aromatic carbocycles. The number of carbonyl (C=O) groups excluding carboxylic acids is 1. The van der Waals surface area contributed by atoms with E-state index in [0.29, 0.717) is 12.1 Å². The van der Waals surface area contributed by atoms with E-state index >= 15 is 0 Å². The quantitative estimate of drug-likeness (QED) is 0.602. The predicted molar refractivity (Wildman–Crippen MR) is 62.8 cm³/mol. The van der Waals surface area contributed by atoms with Crippen molar-refractivity contribution in [2.45, 2.75) is 19.8 Å². The van der Waals surface area contributed by atoms with Gasteiger partial charge in [-0.1, -0.05) is 6.07 Å². The molecule has 0 aromatic heterocycles. The Morgan fingerprint density at radius 1 is 1.53 bits per heavy atom. The number of nitro benzene ring substituents is 1. The summed E-state index contributed by atoms with van der Waals surface area (Å²) < 4.78 is 0. The van der Waals surface area contributed by atoms with Crippen molar-refractivity contribution < 1.29 is 14.8 Å². The van der Waals surface area contributed by atoms with Crippen LogP contribution < -0.4 is 5.32 Å². The molecule has 0 saturated carbocycles. The maximum Gasteiger partial charge on any atom is 0.271 e. The fraction of sp³-hybridized carbons (Fsp3) is 0.364. The van der Waals surface area contributed by atoms with Gasteiger partial charge in [0.05, 0.1) is 10.6 Å². The van der Waals surface area contributed by atoms with Crippen molar-refractivity contribution in [2.24, 2.45) is 0 Å². The molecule has 0 aliphatic carbocycles. The van der Waals surface area contributed by atoms with Crippen LogP contribution in [0.25, 0.3) is 0 Å². The normalized spacial score (nSPS) is 10.0. The summed E-state index contributed by atoms with van der Waals surface area (Å²) in [5.41, 5.74) is 1.13. The lowest BCUT2D eigenvalue weighted by molar-refractivity contribution is -0.384. The lowest BCUT2D eigenvalue weighted by atomic mass is 10.1. The van der Waals surface area contributed by atoms with E-state index in [4.69, 9.17) is 5.11 Å². The van der Waals surface area contributed by atoms with E-state index in [-0.39, 0.29) is 24.6 Å². The van der Waals surface area contributed by atoms with E-state index in [1.54, 1.807) is 13.0 Å². The predicted octanol–water partition coefficient (Wildman–Crippen LogP) is 1.61. The molecule has 1 amide bonds. The Morgan fingerprint density at radius 2 is 2.24 bits per heavy atom. The molecule has 6 nitrogen and oxygen atoms in total. The summed E-state index contributed by atoms with van der Waals surface area (Å²) in [6.07, 6.45) is 0.568. The molecule has 0 fully saturated rings. The van der Waals surface area contributed by atoms with Gasteiger partial charge in [0.25, 0.3) is 5.69 Å². The third-order valence-corrected chi connectivity index (χ3v) is 2.27. The first kappa shape index (κ1) is 13.1. The zero-order valence-electron chi connectivity index (χ0n) is 9.47. The highest BCUT2D eigenvalue weighted by Crippen LogP contribution is 2.21. The molecule has 0 aliphatic rings. The fourth-order valence-corrected chi connectivity index (χ4v) is 1.31. The number of nitrogens with one attached hydrogen (secondary N) is 1. The highest BCUT2D eigenvalue weighted by molar-refractivity contribution is 5.91. The summed E-state index contributed by atoms with van der Waals surface area (Å²) >= 11 is 0. The van der Waals surface area contributed by atoms with Gasteiger partial charge in [-0.05, 0) is 18.9 Å². The van der Waals surface area contributed by atoms with Crippen molar-refractivity contribution in [1.82, 2.24) is 0 Å². The van der Waals surface area contributed by atoms with Gasteiger partial charge in [-0.15, -0.1) is 0 Å². The molecule has 1 aromatic rings. The van der Waals surface area contributed by atoms with Crippen molar-refractivity contribution in [1.29, 1.82) is 0 Å². The molecule has 0 aliphatic heterocycles. The van der Waals surface area contributed by atoms with Crippen molar-refractivity contribution in [3.8, 4) is 0 Å². The number of aliphatic hydroxyl groups excluding tert-OH is 1. The highest BCUT2D eigenvalue weighted by Gasteiger charge is 2.10. The third kappa shape index (κ3) is 3.84. The minimum absolute atomic E-state index is 0.0542. The summed E-state index contributed by atoms with van der Waals surface area (Å²) in [6, 6.07) is 4.30. The summed E-state index contributed by atoms with van der Waals surface area (Å²) in [5, 5.41) is 21.8. The molecular weight excluding hydrogens is 224 g/mol. The number of rotatable bonds is 5. The van der Waals surface area contributed by atoms with Crippen LogP contribution in [0.5, 0.6) is 0 Å². The van der Waals surface area contributed by atoms with E-state index in [2.05, 4.69) is 5.32 Å². The molecule has 6 heteroatoms. The largest absolute Gasteiger partial charge is 0.396 e. The summed E-state index contributed by atoms with van der Waals surface area (Å²) in [7, 11) is 0. The van der Waals surface area contributed by atoms with E-state index < -0.39 is 4.92 Å². The van der Waals surface area contributed by atoms with E-state index in [1.165, 1.54) is 12.1 Å². The Hall–Kier alpha value is -1.95. The van der Waals surface area contributed by atoms with E-state index in [9.17, 15) is 14.9 Å². The maximum atomic E-state index is 11.4. The van der Waals surface area contributed by atoms with Crippen molar-refractivity contribution >= 4 is 17.3 Å². The average molecular weight is 238 g/mol. The Kier molecular flexibility index (Phi) is 4.59. The fourth-order valence-electron chi connectivity index (χ4n) is 1.31. The highest BCUT2D eigenvalue weighted by atomic mass is 16.6. The minimum Gasteiger partial charge on any atom is -0.396 e. The lowest BCUT2D eigenvalue weighted by Crippen LogP contribution is -2.12. The van der Waals surface area contributed by atoms with Gasteiger partial charge in [0.15, 0.2) is 0 Å². The van der Waals surface area contributed by atoms with Crippen LogP contribution >= 0.6 is 0 Å². The van der Waals surface area contributed by atoms with Crippen molar-refractivity contribution in [3.05, 3.63) is 33.9 Å². The summed E-state index contributed by atoms with van der Waals surface area (Å²) in [6.45, 7) is 1.70. The van der Waals surface area contributed by atoms with Crippen LogP contribution in [-0.2, 0) is 4.79 Å². The molecule has 0 saturated heterocycles. The lowest BCUT2D eigenvalue weighted by Gasteiger charge is -2.07. The Bertz CT molecular complexity index is 431. The van der Waals surface area contributed by atoms with Gasteiger partial charge in [0.1, 0.15) is 0 Å². The number of aryl methyl sites for hydroxylation is 1. The molecular formula is C11H14N2O4. The Labute approximate surface area is 98.4 Å². The summed E-state index contributed by atoms with van der Waals surface area (Å²) in [5.74, 6) is -0.261. The van der Waals surface area contributed by atoms with Gasteiger partial charge in [0, 0.05) is 25.2 Å². The summed E-state index contributed by atoms with van der Waals surface area (Å²) in [4.78, 5) is 21.5. The third-order valence-electron chi connectivity index (χ3n) is 2.27. The minimum atomic E-state index is -0.511. The zero-order chi connectivity index (χ0) is 12.8. The van der Waals surface area contributed by atoms with Crippen LogP contribution in [0.1, 0.15) is 18.4 Å². The van der Waals surface area contributed by atoms with Crippen LogP contribution in [0.4, 0.5) is 11.4 Å². The topological polar surface area (TPSA) is 92.5 Å². The first-order chi connectivity index (χ1) is 8.04. The molecule has 0 heterocycles. The number of carbonyl (C=O) groups is 1. The molecule has 1 rings (SSSR count). The smallest absolute Gasteiger partial charge is 0.271 e. The molecule has 17 heavy (non-hydrogen) atoms. The van der Waals surface area contributed by atoms with Gasteiger partial charge >= 0.3 is 0 Å². The molecule has 2 N–H and O–H groups in total. The van der Waals surface area contributed by atoms with Gasteiger partial charge in [-0.3, -0.25) is 14.9 Å². The zero-order valence-corrected chi connectivity index (χ0v) is 9.47. The average Bonchev–Trinajstić information content (AvgIpc) is 2.29. The van der Waals surface area contributed by atoms with Gasteiger partial charge in [0.2, 0.25) is 5.91 Å². The standard InChI is InChI=1S/C11H14N2O4/c1-8-4-5-9(13(16)17)7-10(8)12-11(15)3-2-6-14/h4-5,7,14H,2-3,6H2,1H3,(H,12,15). The van der Waals surface area contributed by atoms with E-state index in [1.807, 2.05) is 0 Å². The SMILES string of the molecule is Cc1ccc([N+](=O)[O-])cc1NC(=O)CCCO. The molecule has 92 valence electrons. The number of benzene rings is 1. The van der Waals surface area contributed by atoms with E-state index in [0.717, 1.165) is 5.56 Å². The Morgan fingerprint density at radius 3 is 2.82 bits per heavy atom. The number of hydrogen-bond acceptors (Lipinski definition) is 4.